The fraction of sp³-hybridized carbons (Fsp3) is 0.471. The summed E-state index contributed by atoms with van der Waals surface area (Å²) in [7, 11) is 3.30. The van der Waals surface area contributed by atoms with Gasteiger partial charge in [-0.25, -0.2) is 10.2 Å². The minimum absolute atomic E-state index is 0.163. The van der Waals surface area contributed by atoms with Crippen LogP contribution in [0.2, 0.25) is 0 Å². The number of nitrogens with one attached hydrogen (secondary N) is 2. The molecule has 2 N–H and O–H groups in total. The summed E-state index contributed by atoms with van der Waals surface area (Å²) in [6.07, 6.45) is 0.981. The monoisotopic (exact) mass is 318 g/mol. The van der Waals surface area contributed by atoms with E-state index in [-0.39, 0.29) is 11.8 Å². The molecule has 2 rings (SSSR count). The number of rotatable bonds is 5. The van der Waals surface area contributed by atoms with Gasteiger partial charge in [0.15, 0.2) is 5.41 Å². The smallest absolute Gasteiger partial charge is 0.360 e. The number of methoxy groups -OCH3 is 1. The molecule has 1 aromatic rings. The van der Waals surface area contributed by atoms with E-state index in [0.717, 1.165) is 11.3 Å². The molecule has 1 aromatic carbocycles. The zero-order chi connectivity index (χ0) is 17.0. The molecule has 0 aliphatic carbocycles. The fourth-order valence-electron chi connectivity index (χ4n) is 2.80. The van der Waals surface area contributed by atoms with Crippen molar-refractivity contribution in [2.75, 3.05) is 14.2 Å². The highest BCUT2D eigenvalue weighted by Gasteiger charge is 2.54. The second-order valence-electron chi connectivity index (χ2n) is 5.66. The largest absolute Gasteiger partial charge is 0.497 e. The molecule has 0 spiro atoms. The Hall–Kier alpha value is -2.37. The van der Waals surface area contributed by atoms with Gasteiger partial charge in [-0.3, -0.25) is 14.6 Å². The first-order valence-corrected chi connectivity index (χ1v) is 7.81. The Labute approximate surface area is 136 Å². The van der Waals surface area contributed by atoms with Gasteiger partial charge in [0.2, 0.25) is 0 Å². The standard InChI is InChI=1S/C17H23N3O3/c1-5-17(6-2)14(21)19-16(20(3)15(17)22)18-11-12-7-9-13(23-4)10-8-12/h7-10H,5-6,11H2,1-4H3,(H,18,19,21)/p+1. The minimum atomic E-state index is -0.958. The van der Waals surface area contributed by atoms with Crippen LogP contribution in [-0.4, -0.2) is 36.8 Å². The molecule has 0 atom stereocenters. The van der Waals surface area contributed by atoms with E-state index in [1.165, 1.54) is 4.90 Å². The predicted octanol–water partition coefficient (Wildman–Crippen LogP) is 0.0264. The van der Waals surface area contributed by atoms with Gasteiger partial charge in [0.25, 0.3) is 5.91 Å². The first-order valence-electron chi connectivity index (χ1n) is 7.81. The lowest BCUT2D eigenvalue weighted by atomic mass is 9.79. The highest BCUT2D eigenvalue weighted by molar-refractivity contribution is 6.18. The lowest BCUT2D eigenvalue weighted by Crippen LogP contribution is -2.82. The molecule has 2 amide bonds. The third kappa shape index (κ3) is 3.06. The first-order chi connectivity index (χ1) is 11.0. The summed E-state index contributed by atoms with van der Waals surface area (Å²) in [5.41, 5.74) is 0.0660. The van der Waals surface area contributed by atoms with Crippen LogP contribution in [0.4, 0.5) is 0 Å². The van der Waals surface area contributed by atoms with Gasteiger partial charge in [0, 0.05) is 0 Å². The van der Waals surface area contributed by atoms with Crippen molar-refractivity contribution in [2.45, 2.75) is 33.2 Å². The van der Waals surface area contributed by atoms with E-state index < -0.39 is 5.41 Å². The second-order valence-corrected chi connectivity index (χ2v) is 5.66. The number of guanidine groups is 1. The average Bonchev–Trinajstić information content (AvgIpc) is 2.58. The number of ether oxygens (including phenoxy) is 1. The first kappa shape index (κ1) is 17.0. The van der Waals surface area contributed by atoms with Crippen molar-refractivity contribution >= 4 is 17.8 Å². The molecule has 0 saturated carbocycles. The van der Waals surface area contributed by atoms with Crippen molar-refractivity contribution in [1.82, 2.24) is 10.2 Å². The summed E-state index contributed by atoms with van der Waals surface area (Å²) in [6.45, 7) is 4.23. The maximum absolute atomic E-state index is 12.6. The fourth-order valence-corrected chi connectivity index (χ4v) is 2.80. The van der Waals surface area contributed by atoms with E-state index in [2.05, 4.69) is 10.3 Å². The SMILES string of the molecule is CCC1(CC)C(=O)NC(=[NH+]Cc2ccc(OC)cc2)N(C)C1=O. The topological polar surface area (TPSA) is 72.6 Å². The Morgan fingerprint density at radius 1 is 1.17 bits per heavy atom. The summed E-state index contributed by atoms with van der Waals surface area (Å²) >= 11 is 0. The van der Waals surface area contributed by atoms with Crippen LogP contribution in [0.1, 0.15) is 32.3 Å². The number of carbonyl (C=O) groups excluding carboxylic acids is 2. The molecule has 1 aliphatic rings. The average molecular weight is 318 g/mol. The molecule has 0 aromatic heterocycles. The maximum atomic E-state index is 12.6. The number of amides is 2. The number of benzene rings is 1. The van der Waals surface area contributed by atoms with E-state index in [0.29, 0.717) is 25.3 Å². The zero-order valence-corrected chi connectivity index (χ0v) is 14.1. The third-order valence-electron chi connectivity index (χ3n) is 4.54. The highest BCUT2D eigenvalue weighted by atomic mass is 16.5. The van der Waals surface area contributed by atoms with Gasteiger partial charge >= 0.3 is 11.9 Å². The minimum Gasteiger partial charge on any atom is -0.497 e. The Morgan fingerprint density at radius 3 is 2.30 bits per heavy atom. The van der Waals surface area contributed by atoms with Crippen LogP contribution in [0.5, 0.6) is 5.75 Å². The normalized spacial score (nSPS) is 19.0. The van der Waals surface area contributed by atoms with Gasteiger partial charge in [-0.1, -0.05) is 26.0 Å². The van der Waals surface area contributed by atoms with Crippen molar-refractivity contribution in [3.05, 3.63) is 29.8 Å². The van der Waals surface area contributed by atoms with Crippen molar-refractivity contribution < 1.29 is 19.3 Å². The van der Waals surface area contributed by atoms with Crippen LogP contribution in [0.3, 0.4) is 0 Å². The molecule has 6 nitrogen and oxygen atoms in total. The molecule has 124 valence electrons. The van der Waals surface area contributed by atoms with E-state index in [4.69, 9.17) is 4.74 Å². The van der Waals surface area contributed by atoms with E-state index in [9.17, 15) is 9.59 Å². The van der Waals surface area contributed by atoms with Crippen LogP contribution >= 0.6 is 0 Å². The van der Waals surface area contributed by atoms with Crippen molar-refractivity contribution in [2.24, 2.45) is 5.41 Å². The molecular weight excluding hydrogens is 294 g/mol. The van der Waals surface area contributed by atoms with Crippen molar-refractivity contribution in [3.63, 3.8) is 0 Å². The maximum Gasteiger partial charge on any atom is 0.360 e. The van der Waals surface area contributed by atoms with Crippen LogP contribution in [-0.2, 0) is 16.1 Å². The summed E-state index contributed by atoms with van der Waals surface area (Å²) in [5.74, 6) is 0.815. The number of hydrogen-bond acceptors (Lipinski definition) is 3. The zero-order valence-electron chi connectivity index (χ0n) is 14.1. The van der Waals surface area contributed by atoms with Gasteiger partial charge in [0.1, 0.15) is 5.75 Å². The Kier molecular flexibility index (Phi) is 5.03. The number of nitrogens with zero attached hydrogens (tertiary/aromatic N) is 1. The predicted molar refractivity (Wildman–Crippen MR) is 86.6 cm³/mol. The number of carbonyl (C=O) groups is 2. The molecule has 1 fully saturated rings. The quantitative estimate of drug-likeness (QED) is 0.752. The van der Waals surface area contributed by atoms with E-state index >= 15 is 0 Å². The second kappa shape index (κ2) is 6.81. The highest BCUT2D eigenvalue weighted by Crippen LogP contribution is 2.31. The molecule has 0 unspecified atom stereocenters. The Balaban J connectivity index is 2.17. The van der Waals surface area contributed by atoms with Crippen LogP contribution in [0.25, 0.3) is 0 Å². The number of hydrogen-bond donors (Lipinski definition) is 2. The molecule has 0 radical (unpaired) electrons. The summed E-state index contributed by atoms with van der Waals surface area (Å²) < 4.78 is 5.12. The van der Waals surface area contributed by atoms with E-state index in [1.54, 1.807) is 14.2 Å². The van der Waals surface area contributed by atoms with Gasteiger partial charge in [-0.2, -0.15) is 0 Å². The van der Waals surface area contributed by atoms with Gasteiger partial charge < -0.3 is 4.74 Å². The molecule has 1 saturated heterocycles. The van der Waals surface area contributed by atoms with Gasteiger partial charge in [0.05, 0.1) is 20.7 Å². The Morgan fingerprint density at radius 2 is 1.78 bits per heavy atom. The molecular formula is C17H24N3O3+. The van der Waals surface area contributed by atoms with Crippen LogP contribution in [0, 0.1) is 5.41 Å². The van der Waals surface area contributed by atoms with E-state index in [1.807, 2.05) is 38.1 Å². The molecule has 0 bridgehead atoms. The molecule has 1 aliphatic heterocycles. The molecule has 1 heterocycles. The van der Waals surface area contributed by atoms with Gasteiger partial charge in [-0.15, -0.1) is 0 Å². The Bertz CT molecular complexity index is 618. The van der Waals surface area contributed by atoms with Crippen molar-refractivity contribution in [1.29, 1.82) is 0 Å². The van der Waals surface area contributed by atoms with Gasteiger partial charge in [-0.05, 0) is 30.5 Å². The summed E-state index contributed by atoms with van der Waals surface area (Å²) in [6, 6.07) is 7.60. The molecule has 23 heavy (non-hydrogen) atoms. The lowest BCUT2D eigenvalue weighted by Gasteiger charge is -2.33. The summed E-state index contributed by atoms with van der Waals surface area (Å²) in [4.78, 5) is 29.6. The third-order valence-corrected chi connectivity index (χ3v) is 4.54. The summed E-state index contributed by atoms with van der Waals surface area (Å²) in [5, 5.41) is 2.83. The van der Waals surface area contributed by atoms with Crippen LogP contribution in [0.15, 0.2) is 24.3 Å². The molecule has 6 heteroatoms. The van der Waals surface area contributed by atoms with Crippen LogP contribution < -0.4 is 15.0 Å². The lowest BCUT2D eigenvalue weighted by molar-refractivity contribution is -0.482. The van der Waals surface area contributed by atoms with Crippen molar-refractivity contribution in [3.8, 4) is 5.75 Å².